The molecule has 0 unspecified atom stereocenters. The zero-order valence-electron chi connectivity index (χ0n) is 16.9. The third kappa shape index (κ3) is 4.04. The van der Waals surface area contributed by atoms with Gasteiger partial charge < -0.3 is 14.2 Å². The van der Waals surface area contributed by atoms with Crippen LogP contribution in [0, 0.1) is 13.8 Å². The quantitative estimate of drug-likeness (QED) is 0.680. The van der Waals surface area contributed by atoms with Gasteiger partial charge in [0.05, 0.1) is 5.52 Å². The number of aryl methyl sites for hydroxylation is 3. The highest BCUT2D eigenvalue weighted by molar-refractivity contribution is 5.77. The maximum atomic E-state index is 12.8. The lowest BCUT2D eigenvalue weighted by Gasteiger charge is -2.25. The monoisotopic (exact) mass is 394 g/mol. The van der Waals surface area contributed by atoms with Gasteiger partial charge in [-0.2, -0.15) is 0 Å². The first-order valence-corrected chi connectivity index (χ1v) is 10.1. The summed E-state index contributed by atoms with van der Waals surface area (Å²) in [7, 11) is 0. The Morgan fingerprint density at radius 2 is 2.00 bits per heavy atom. The van der Waals surface area contributed by atoms with E-state index < -0.39 is 5.76 Å². The van der Waals surface area contributed by atoms with E-state index in [9.17, 15) is 9.59 Å². The topological polar surface area (TPSA) is 71.6 Å². The Kier molecular flexibility index (Phi) is 5.38. The zero-order valence-corrected chi connectivity index (χ0v) is 16.9. The van der Waals surface area contributed by atoms with Crippen molar-refractivity contribution in [2.45, 2.75) is 33.2 Å². The van der Waals surface area contributed by atoms with Gasteiger partial charge in [0.2, 0.25) is 5.91 Å². The second-order valence-electron chi connectivity index (χ2n) is 7.62. The number of aromatic nitrogens is 2. The molecule has 1 aliphatic rings. The lowest BCUT2D eigenvalue weighted by Crippen LogP contribution is -2.36. The van der Waals surface area contributed by atoms with E-state index in [4.69, 9.17) is 4.42 Å². The molecule has 0 bridgehead atoms. The second-order valence-corrected chi connectivity index (χ2v) is 7.62. The molecule has 0 spiro atoms. The lowest BCUT2D eigenvalue weighted by molar-refractivity contribution is -0.131. The van der Waals surface area contributed by atoms with Crippen LogP contribution in [0.4, 0.5) is 5.69 Å². The van der Waals surface area contributed by atoms with Crippen LogP contribution in [0.1, 0.15) is 24.0 Å². The van der Waals surface area contributed by atoms with Crippen molar-refractivity contribution in [3.8, 4) is 0 Å². The van der Waals surface area contributed by atoms with Gasteiger partial charge in [-0.3, -0.25) is 14.3 Å². The van der Waals surface area contributed by atoms with Crippen LogP contribution in [0.3, 0.4) is 0 Å². The normalized spacial score (nSPS) is 15.0. The number of anilines is 1. The van der Waals surface area contributed by atoms with E-state index in [1.165, 1.54) is 5.69 Å². The molecule has 0 saturated carbocycles. The molecule has 1 amide bonds. The second kappa shape index (κ2) is 8.11. The van der Waals surface area contributed by atoms with Gasteiger partial charge in [0.25, 0.3) is 0 Å². The van der Waals surface area contributed by atoms with E-state index in [0.29, 0.717) is 18.7 Å². The molecule has 1 fully saturated rings. The zero-order chi connectivity index (χ0) is 20.4. The maximum Gasteiger partial charge on any atom is 0.419 e. The largest absolute Gasteiger partial charge is 0.419 e. The standard InChI is InChI=1S/C22H26N4O3/c1-16-4-5-20-19(14-16)26(22(28)29-20)11-7-21(27)25-10-3-9-24(12-13-25)18-6-8-23-15-17(18)2/h4-6,8,14-15H,3,7,9-13H2,1-2H3. The molecule has 1 aromatic carbocycles. The first-order chi connectivity index (χ1) is 14.0. The smallest absolute Gasteiger partial charge is 0.408 e. The van der Waals surface area contributed by atoms with Crippen LogP contribution < -0.4 is 10.7 Å². The fourth-order valence-corrected chi connectivity index (χ4v) is 3.98. The molecule has 0 N–H and O–H groups in total. The number of amides is 1. The lowest BCUT2D eigenvalue weighted by atomic mass is 10.2. The fraction of sp³-hybridized carbons (Fsp3) is 0.409. The Morgan fingerprint density at radius 3 is 2.83 bits per heavy atom. The van der Waals surface area contributed by atoms with E-state index in [0.717, 1.165) is 42.7 Å². The molecule has 0 atom stereocenters. The highest BCUT2D eigenvalue weighted by Crippen LogP contribution is 2.20. The predicted molar refractivity (Wildman–Crippen MR) is 112 cm³/mol. The molecule has 4 rings (SSSR count). The minimum absolute atomic E-state index is 0.0761. The molecular formula is C22H26N4O3. The number of oxazole rings is 1. The Hall–Kier alpha value is -3.09. The van der Waals surface area contributed by atoms with Crippen molar-refractivity contribution in [1.29, 1.82) is 0 Å². The molecule has 0 radical (unpaired) electrons. The summed E-state index contributed by atoms with van der Waals surface area (Å²) < 4.78 is 6.86. The van der Waals surface area contributed by atoms with Crippen molar-refractivity contribution in [3.63, 3.8) is 0 Å². The van der Waals surface area contributed by atoms with Gasteiger partial charge in [0, 0.05) is 57.2 Å². The highest BCUT2D eigenvalue weighted by Gasteiger charge is 2.21. The maximum absolute atomic E-state index is 12.8. The van der Waals surface area contributed by atoms with Crippen LogP contribution >= 0.6 is 0 Å². The molecule has 7 heteroatoms. The van der Waals surface area contributed by atoms with Crippen molar-refractivity contribution < 1.29 is 9.21 Å². The number of pyridine rings is 1. The van der Waals surface area contributed by atoms with Crippen LogP contribution in [0.2, 0.25) is 0 Å². The van der Waals surface area contributed by atoms with Gasteiger partial charge in [-0.25, -0.2) is 4.79 Å². The van der Waals surface area contributed by atoms with Crippen LogP contribution in [0.25, 0.3) is 11.1 Å². The Bertz CT molecular complexity index is 1090. The number of nitrogens with zero attached hydrogens (tertiary/aromatic N) is 4. The molecule has 3 aromatic rings. The average Bonchev–Trinajstić information content (AvgIpc) is 2.87. The van der Waals surface area contributed by atoms with E-state index in [1.54, 1.807) is 10.6 Å². The Balaban J connectivity index is 1.41. The highest BCUT2D eigenvalue weighted by atomic mass is 16.4. The van der Waals surface area contributed by atoms with E-state index in [2.05, 4.69) is 16.8 Å². The molecule has 7 nitrogen and oxygen atoms in total. The molecule has 0 aliphatic carbocycles. The van der Waals surface area contributed by atoms with Crippen molar-refractivity contribution in [2.75, 3.05) is 31.1 Å². The predicted octanol–water partition coefficient (Wildman–Crippen LogP) is 2.74. The molecule has 1 saturated heterocycles. The molecule has 2 aromatic heterocycles. The van der Waals surface area contributed by atoms with Gasteiger partial charge in [-0.05, 0) is 49.6 Å². The van der Waals surface area contributed by atoms with Gasteiger partial charge in [0.1, 0.15) is 0 Å². The summed E-state index contributed by atoms with van der Waals surface area (Å²) in [6, 6.07) is 7.67. The van der Waals surface area contributed by atoms with E-state index >= 15 is 0 Å². The van der Waals surface area contributed by atoms with Crippen LogP contribution in [-0.4, -0.2) is 46.5 Å². The van der Waals surface area contributed by atoms with Gasteiger partial charge in [-0.1, -0.05) is 6.07 Å². The van der Waals surface area contributed by atoms with Crippen molar-refractivity contribution in [3.05, 3.63) is 58.3 Å². The summed E-state index contributed by atoms with van der Waals surface area (Å²) in [5, 5.41) is 0. The van der Waals surface area contributed by atoms with Crippen LogP contribution in [-0.2, 0) is 11.3 Å². The third-order valence-electron chi connectivity index (χ3n) is 5.55. The summed E-state index contributed by atoms with van der Waals surface area (Å²) in [6.07, 6.45) is 4.89. The molecular weight excluding hydrogens is 368 g/mol. The number of hydrogen-bond acceptors (Lipinski definition) is 5. The summed E-state index contributed by atoms with van der Waals surface area (Å²) >= 11 is 0. The fourth-order valence-electron chi connectivity index (χ4n) is 3.98. The van der Waals surface area contributed by atoms with Gasteiger partial charge in [-0.15, -0.1) is 0 Å². The number of carbonyl (C=O) groups excluding carboxylic acids is 1. The third-order valence-corrected chi connectivity index (χ3v) is 5.55. The van der Waals surface area contributed by atoms with Crippen molar-refractivity contribution in [1.82, 2.24) is 14.5 Å². The van der Waals surface area contributed by atoms with E-state index in [1.807, 2.05) is 42.4 Å². The summed E-state index contributed by atoms with van der Waals surface area (Å²) in [5.41, 5.74) is 4.69. The number of carbonyl (C=O) groups is 1. The van der Waals surface area contributed by atoms with Gasteiger partial charge >= 0.3 is 5.76 Å². The summed E-state index contributed by atoms with van der Waals surface area (Å²) in [5.74, 6) is -0.333. The molecule has 3 heterocycles. The van der Waals surface area contributed by atoms with Crippen LogP contribution in [0.5, 0.6) is 0 Å². The molecule has 29 heavy (non-hydrogen) atoms. The number of benzene rings is 1. The molecule has 152 valence electrons. The number of hydrogen-bond donors (Lipinski definition) is 0. The Morgan fingerprint density at radius 1 is 1.14 bits per heavy atom. The van der Waals surface area contributed by atoms with Crippen molar-refractivity contribution >= 4 is 22.7 Å². The average molecular weight is 394 g/mol. The SMILES string of the molecule is Cc1ccc2oc(=O)n(CCC(=O)N3CCCN(c4ccncc4C)CC3)c2c1. The van der Waals surface area contributed by atoms with Gasteiger partial charge in [0.15, 0.2) is 5.58 Å². The number of rotatable bonds is 4. The van der Waals surface area contributed by atoms with Crippen molar-refractivity contribution in [2.24, 2.45) is 0 Å². The minimum atomic E-state index is -0.409. The molecule has 1 aliphatic heterocycles. The first-order valence-electron chi connectivity index (χ1n) is 10.1. The first kappa shape index (κ1) is 19.2. The number of fused-ring (bicyclic) bond motifs is 1. The summed E-state index contributed by atoms with van der Waals surface area (Å²) in [6.45, 7) is 7.49. The van der Waals surface area contributed by atoms with E-state index in [-0.39, 0.29) is 12.3 Å². The van der Waals surface area contributed by atoms with Crippen LogP contribution in [0.15, 0.2) is 45.9 Å². The Labute approximate surface area is 169 Å². The summed E-state index contributed by atoms with van der Waals surface area (Å²) in [4.78, 5) is 33.4. The minimum Gasteiger partial charge on any atom is -0.408 e.